The maximum absolute atomic E-state index is 12.0. The van der Waals surface area contributed by atoms with E-state index in [1.165, 1.54) is 11.1 Å². The first kappa shape index (κ1) is 20.5. The molecule has 0 bridgehead atoms. The van der Waals surface area contributed by atoms with Gasteiger partial charge in [-0.05, 0) is 43.5 Å². The van der Waals surface area contributed by atoms with Crippen molar-refractivity contribution in [2.45, 2.75) is 39.8 Å². The number of aryl methyl sites for hydroxylation is 1. The van der Waals surface area contributed by atoms with E-state index in [0.717, 1.165) is 50.6 Å². The van der Waals surface area contributed by atoms with Gasteiger partial charge in [-0.1, -0.05) is 6.92 Å². The summed E-state index contributed by atoms with van der Waals surface area (Å²) in [7, 11) is 3.33. The van der Waals surface area contributed by atoms with Gasteiger partial charge in [0.15, 0.2) is 11.5 Å². The van der Waals surface area contributed by atoms with E-state index < -0.39 is 0 Å². The van der Waals surface area contributed by atoms with Crippen LogP contribution in [-0.4, -0.2) is 68.7 Å². The normalized spacial score (nSPS) is 17.0. The number of carbonyl (C=O) groups excluding carboxylic acids is 1. The van der Waals surface area contributed by atoms with Gasteiger partial charge in [0.05, 0.1) is 20.8 Å². The number of nitrogens with zero attached hydrogens (tertiary/aromatic N) is 2. The molecule has 0 saturated carbocycles. The number of methoxy groups -OCH3 is 2. The molecule has 1 aromatic rings. The molecule has 6 heteroatoms. The van der Waals surface area contributed by atoms with Gasteiger partial charge in [0.25, 0.3) is 0 Å². The summed E-state index contributed by atoms with van der Waals surface area (Å²) in [4.78, 5) is 16.7. The summed E-state index contributed by atoms with van der Waals surface area (Å²) < 4.78 is 10.8. The highest BCUT2D eigenvalue weighted by atomic mass is 16.5. The lowest BCUT2D eigenvalue weighted by Crippen LogP contribution is -2.49. The Morgan fingerprint density at radius 2 is 1.69 bits per heavy atom. The number of carbonyl (C=O) groups is 1. The van der Waals surface area contributed by atoms with Gasteiger partial charge in [0.2, 0.25) is 5.91 Å². The molecular weight excluding hydrogens is 330 g/mol. The Morgan fingerprint density at radius 3 is 2.27 bits per heavy atom. The fraction of sp³-hybridized carbons (Fsp3) is 0.650. The number of hydrogen-bond donors (Lipinski definition) is 1. The van der Waals surface area contributed by atoms with Crippen molar-refractivity contribution in [1.29, 1.82) is 0 Å². The zero-order valence-corrected chi connectivity index (χ0v) is 16.8. The van der Waals surface area contributed by atoms with Gasteiger partial charge in [-0.2, -0.15) is 0 Å². The van der Waals surface area contributed by atoms with Gasteiger partial charge in [-0.3, -0.25) is 14.6 Å². The Bertz CT molecular complexity index is 598. The Balaban J connectivity index is 1.86. The SMILES string of the molecule is CC[C@@H](C)NC(=O)CN1CCN(Cc2cc(OC)c(OC)cc2C)CC1. The summed E-state index contributed by atoms with van der Waals surface area (Å²) in [5.41, 5.74) is 2.46. The van der Waals surface area contributed by atoms with Crippen LogP contribution >= 0.6 is 0 Å². The van der Waals surface area contributed by atoms with Crippen molar-refractivity contribution in [3.8, 4) is 11.5 Å². The molecule has 146 valence electrons. The Morgan fingerprint density at radius 1 is 1.12 bits per heavy atom. The van der Waals surface area contributed by atoms with Gasteiger partial charge in [-0.15, -0.1) is 0 Å². The average molecular weight is 364 g/mol. The molecule has 1 heterocycles. The van der Waals surface area contributed by atoms with Crippen LogP contribution in [0, 0.1) is 6.92 Å². The van der Waals surface area contributed by atoms with E-state index in [9.17, 15) is 4.79 Å². The molecule has 6 nitrogen and oxygen atoms in total. The first-order valence-electron chi connectivity index (χ1n) is 9.42. The molecule has 1 N–H and O–H groups in total. The van der Waals surface area contributed by atoms with E-state index in [0.29, 0.717) is 6.54 Å². The van der Waals surface area contributed by atoms with Crippen LogP contribution in [0.15, 0.2) is 12.1 Å². The maximum atomic E-state index is 12.0. The zero-order chi connectivity index (χ0) is 19.1. The van der Waals surface area contributed by atoms with Gasteiger partial charge in [0, 0.05) is 38.8 Å². The van der Waals surface area contributed by atoms with Crippen LogP contribution in [0.4, 0.5) is 0 Å². The van der Waals surface area contributed by atoms with Crippen molar-refractivity contribution >= 4 is 5.91 Å². The number of benzene rings is 1. The molecule has 0 spiro atoms. The zero-order valence-electron chi connectivity index (χ0n) is 16.8. The minimum absolute atomic E-state index is 0.128. The van der Waals surface area contributed by atoms with Crippen LogP contribution < -0.4 is 14.8 Å². The number of piperazine rings is 1. The minimum atomic E-state index is 0.128. The smallest absolute Gasteiger partial charge is 0.234 e. The first-order valence-corrected chi connectivity index (χ1v) is 9.42. The highest BCUT2D eigenvalue weighted by Crippen LogP contribution is 2.30. The summed E-state index contributed by atoms with van der Waals surface area (Å²) in [6.45, 7) is 11.4. The van der Waals surface area contributed by atoms with Crippen LogP contribution in [0.25, 0.3) is 0 Å². The molecule has 1 atom stereocenters. The topological polar surface area (TPSA) is 54.0 Å². The van der Waals surface area contributed by atoms with E-state index in [4.69, 9.17) is 9.47 Å². The first-order chi connectivity index (χ1) is 12.5. The second-order valence-corrected chi connectivity index (χ2v) is 7.06. The number of hydrogen-bond acceptors (Lipinski definition) is 5. The summed E-state index contributed by atoms with van der Waals surface area (Å²) in [5.74, 6) is 1.67. The Hall–Kier alpha value is -1.79. The van der Waals surface area contributed by atoms with Gasteiger partial charge in [0.1, 0.15) is 0 Å². The largest absolute Gasteiger partial charge is 0.493 e. The van der Waals surface area contributed by atoms with E-state index in [1.807, 2.05) is 13.0 Å². The predicted octanol–water partition coefficient (Wildman–Crippen LogP) is 2.04. The average Bonchev–Trinajstić information content (AvgIpc) is 2.64. The molecule has 1 fully saturated rings. The number of rotatable bonds is 8. The quantitative estimate of drug-likeness (QED) is 0.766. The minimum Gasteiger partial charge on any atom is -0.493 e. The number of amides is 1. The molecule has 0 unspecified atom stereocenters. The van der Waals surface area contributed by atoms with Crippen molar-refractivity contribution in [2.24, 2.45) is 0 Å². The molecule has 26 heavy (non-hydrogen) atoms. The lowest BCUT2D eigenvalue weighted by molar-refractivity contribution is -0.123. The predicted molar refractivity (Wildman–Crippen MR) is 104 cm³/mol. The number of nitrogens with one attached hydrogen (secondary N) is 1. The van der Waals surface area contributed by atoms with E-state index in [2.05, 4.69) is 35.0 Å². The molecule has 1 aromatic carbocycles. The summed E-state index contributed by atoms with van der Waals surface area (Å²) in [5, 5.41) is 3.04. The highest BCUT2D eigenvalue weighted by molar-refractivity contribution is 5.78. The summed E-state index contributed by atoms with van der Waals surface area (Å²) in [6, 6.07) is 4.35. The van der Waals surface area contributed by atoms with Crippen LogP contribution in [0.1, 0.15) is 31.4 Å². The molecule has 1 amide bonds. The number of ether oxygens (including phenoxy) is 2. The van der Waals surface area contributed by atoms with Crippen LogP contribution in [0.5, 0.6) is 11.5 Å². The van der Waals surface area contributed by atoms with Crippen LogP contribution in [0.3, 0.4) is 0 Å². The van der Waals surface area contributed by atoms with Crippen LogP contribution in [-0.2, 0) is 11.3 Å². The molecule has 0 radical (unpaired) electrons. The lowest BCUT2D eigenvalue weighted by atomic mass is 10.1. The van der Waals surface area contributed by atoms with Crippen molar-refractivity contribution in [1.82, 2.24) is 15.1 Å². The molecule has 1 aliphatic rings. The third kappa shape index (κ3) is 5.61. The van der Waals surface area contributed by atoms with Gasteiger partial charge in [-0.25, -0.2) is 0 Å². The molecule has 1 aliphatic heterocycles. The monoisotopic (exact) mass is 363 g/mol. The molecular formula is C20H33N3O3. The van der Waals surface area contributed by atoms with Crippen LogP contribution in [0.2, 0.25) is 0 Å². The van der Waals surface area contributed by atoms with E-state index >= 15 is 0 Å². The Kier molecular flexibility index (Phi) is 7.72. The van der Waals surface area contributed by atoms with Gasteiger partial charge < -0.3 is 14.8 Å². The fourth-order valence-electron chi connectivity index (χ4n) is 3.17. The molecule has 1 saturated heterocycles. The lowest BCUT2D eigenvalue weighted by Gasteiger charge is -2.34. The third-order valence-electron chi connectivity index (χ3n) is 5.09. The second-order valence-electron chi connectivity index (χ2n) is 7.06. The molecule has 0 aromatic heterocycles. The van der Waals surface area contributed by atoms with Crippen molar-refractivity contribution in [3.63, 3.8) is 0 Å². The Labute approximate surface area is 157 Å². The van der Waals surface area contributed by atoms with Gasteiger partial charge >= 0.3 is 0 Å². The standard InChI is InChI=1S/C20H33N3O3/c1-6-16(3)21-20(24)14-23-9-7-22(8-10-23)13-17-12-19(26-5)18(25-4)11-15(17)2/h11-12,16H,6-10,13-14H2,1-5H3,(H,21,24)/t16-/m1/s1. The van der Waals surface area contributed by atoms with Crippen molar-refractivity contribution in [3.05, 3.63) is 23.3 Å². The van der Waals surface area contributed by atoms with Crippen molar-refractivity contribution < 1.29 is 14.3 Å². The summed E-state index contributed by atoms with van der Waals surface area (Å²) >= 11 is 0. The van der Waals surface area contributed by atoms with Crippen molar-refractivity contribution in [2.75, 3.05) is 46.9 Å². The highest BCUT2D eigenvalue weighted by Gasteiger charge is 2.20. The molecule has 2 rings (SSSR count). The maximum Gasteiger partial charge on any atom is 0.234 e. The summed E-state index contributed by atoms with van der Waals surface area (Å²) in [6.07, 6.45) is 0.962. The fourth-order valence-corrected chi connectivity index (χ4v) is 3.17. The van der Waals surface area contributed by atoms with E-state index in [-0.39, 0.29) is 11.9 Å². The third-order valence-corrected chi connectivity index (χ3v) is 5.09. The molecule has 0 aliphatic carbocycles. The van der Waals surface area contributed by atoms with E-state index in [1.54, 1.807) is 14.2 Å². The second kappa shape index (κ2) is 9.78.